The predicted molar refractivity (Wildman–Crippen MR) is 288 cm³/mol. The minimum absolute atomic E-state index is 0.255. The molecule has 0 aliphatic carbocycles. The number of nitrogens with one attached hydrogen (secondary N) is 2. The number of rotatable bonds is 4. The second-order valence-electron chi connectivity index (χ2n) is 23.9. The van der Waals surface area contributed by atoms with Crippen molar-refractivity contribution >= 4 is 66.9 Å². The maximum absolute atomic E-state index is 5.61. The maximum Gasteiger partial charge on any atom is 0.165 e. The molecule has 5 heterocycles. The zero-order chi connectivity index (χ0) is 49.5. The van der Waals surface area contributed by atoms with E-state index in [1.165, 1.54) is 0 Å². The molecule has 0 spiro atoms. The van der Waals surface area contributed by atoms with Gasteiger partial charge in [-0.15, -0.1) is 0 Å². The molecule has 2 aliphatic rings. The van der Waals surface area contributed by atoms with Crippen molar-refractivity contribution in [3.8, 4) is 45.6 Å². The van der Waals surface area contributed by atoms with Crippen LogP contribution >= 0.6 is 0 Å². The van der Waals surface area contributed by atoms with E-state index in [1.807, 2.05) is 0 Å². The van der Waals surface area contributed by atoms with E-state index in [9.17, 15) is 0 Å². The molecule has 0 radical (unpaired) electrons. The third-order valence-corrected chi connectivity index (χ3v) is 13.5. The zero-order valence-corrected chi connectivity index (χ0v) is 44.1. The van der Waals surface area contributed by atoms with Gasteiger partial charge in [-0.3, -0.25) is 0 Å². The van der Waals surface area contributed by atoms with Crippen molar-refractivity contribution in [2.45, 2.75) is 105 Å². The van der Waals surface area contributed by atoms with Crippen molar-refractivity contribution in [1.29, 1.82) is 0 Å². The van der Waals surface area contributed by atoms with Gasteiger partial charge < -0.3 is 29.6 Å². The summed E-state index contributed by atoms with van der Waals surface area (Å²) in [5, 5.41) is 3.91. The zero-order valence-electron chi connectivity index (χ0n) is 44.1. The fourth-order valence-electron chi connectivity index (χ4n) is 9.64. The second kappa shape index (κ2) is 15.5. The summed E-state index contributed by atoms with van der Waals surface area (Å²) in [5.41, 5.74) is 14.3. The van der Waals surface area contributed by atoms with Crippen LogP contribution in [0.2, 0.25) is 0 Å². The Hall–Kier alpha value is -6.56. The predicted octanol–water partition coefficient (Wildman–Crippen LogP) is 12.3. The van der Waals surface area contributed by atoms with Gasteiger partial charge in [0.25, 0.3) is 0 Å². The van der Waals surface area contributed by atoms with Gasteiger partial charge in [0.15, 0.2) is 23.3 Å². The van der Waals surface area contributed by atoms with Crippen LogP contribution in [0, 0.1) is 0 Å². The second-order valence-corrected chi connectivity index (χ2v) is 23.9. The number of aromatic nitrogens is 8. The highest BCUT2D eigenvalue weighted by Gasteiger charge is 2.33. The Bertz CT molecular complexity index is 3170. The Balaban J connectivity index is 1.60. The van der Waals surface area contributed by atoms with Crippen LogP contribution in [0.5, 0.6) is 0 Å². The number of hydrogen-bond acceptors (Lipinski definition) is 10. The first-order chi connectivity index (χ1) is 31.5. The summed E-state index contributed by atoms with van der Waals surface area (Å²) in [6, 6.07) is 18.0. The molecule has 0 saturated heterocycles. The third-order valence-electron chi connectivity index (χ3n) is 13.5. The Morgan fingerprint density at radius 2 is 0.603 bits per heavy atom. The molecule has 354 valence electrons. The van der Waals surface area contributed by atoms with Gasteiger partial charge in [-0.05, 0) is 92.4 Å². The van der Waals surface area contributed by atoms with Crippen LogP contribution in [0.25, 0.3) is 89.7 Å². The van der Waals surface area contributed by atoms with Crippen molar-refractivity contribution in [2.75, 3.05) is 76.0 Å². The highest BCUT2D eigenvalue weighted by atomic mass is 15.1. The number of hydrogen-bond donors (Lipinski definition) is 2. The quantitative estimate of drug-likeness (QED) is 0.176. The van der Waals surface area contributed by atoms with Crippen molar-refractivity contribution in [3.05, 3.63) is 70.8 Å². The van der Waals surface area contributed by atoms with Crippen LogP contribution in [-0.4, -0.2) is 96.3 Å². The molecular formula is C56H70N12. The van der Waals surface area contributed by atoms with Crippen molar-refractivity contribution < 1.29 is 0 Å². The number of H-pyrrole nitrogens is 2. The van der Waals surface area contributed by atoms with E-state index in [4.69, 9.17) is 29.9 Å². The van der Waals surface area contributed by atoms with Gasteiger partial charge in [-0.2, -0.15) is 0 Å². The van der Waals surface area contributed by atoms with Gasteiger partial charge in [-0.1, -0.05) is 83.1 Å². The molecule has 12 heteroatoms. The lowest BCUT2D eigenvalue weighted by Gasteiger charge is -2.25. The van der Waals surface area contributed by atoms with Crippen LogP contribution in [0.1, 0.15) is 105 Å². The van der Waals surface area contributed by atoms with Crippen LogP contribution in [-0.2, 0) is 21.7 Å². The molecule has 2 aliphatic heterocycles. The average Bonchev–Trinajstić information content (AvgIpc) is 3.96. The van der Waals surface area contributed by atoms with Crippen LogP contribution < -0.4 is 19.6 Å². The Morgan fingerprint density at radius 3 is 0.897 bits per heavy atom. The number of nitrogens with zero attached hydrogens (tertiary/aromatic N) is 10. The summed E-state index contributed by atoms with van der Waals surface area (Å²) < 4.78 is 0. The Morgan fingerprint density at radius 1 is 0.324 bits per heavy atom. The number of anilines is 4. The van der Waals surface area contributed by atoms with Crippen LogP contribution in [0.4, 0.5) is 22.7 Å². The molecule has 12 nitrogen and oxygen atoms in total. The number of fused-ring (bicyclic) bond motifs is 20. The largest absolute Gasteiger partial charge is 0.378 e. The Kier molecular flexibility index (Phi) is 10.6. The molecular weight excluding hydrogens is 841 g/mol. The lowest BCUT2D eigenvalue weighted by Crippen LogP contribution is -2.16. The third kappa shape index (κ3) is 7.79. The number of benzene rings is 4. The van der Waals surface area contributed by atoms with E-state index >= 15 is 0 Å². The van der Waals surface area contributed by atoms with Crippen molar-refractivity contribution in [2.24, 2.45) is 0 Å². The fourth-order valence-corrected chi connectivity index (χ4v) is 9.64. The van der Waals surface area contributed by atoms with E-state index in [0.717, 1.165) is 88.8 Å². The maximum atomic E-state index is 5.61. The van der Waals surface area contributed by atoms with Crippen LogP contribution in [0.3, 0.4) is 0 Å². The van der Waals surface area contributed by atoms with Gasteiger partial charge >= 0.3 is 0 Å². The molecule has 8 bridgehead atoms. The lowest BCUT2D eigenvalue weighted by atomic mass is 9.81. The SMILES string of the molecule is CN(C)c1cc2c(c(C(C)(C)C)c1)-c1nc-2nc2[nH]c(nc3nc(nc4[nH]c(n1)c1cc(N(C)C)cc(C(C)(C)C)c41)-c1cc(N(C)C)cc(C(C)(C)C)c1-3)c1cc(N(C)C)cc(C(C)(C)C)c21. The summed E-state index contributed by atoms with van der Waals surface area (Å²) >= 11 is 0. The first kappa shape index (κ1) is 46.5. The smallest absolute Gasteiger partial charge is 0.165 e. The van der Waals surface area contributed by atoms with Gasteiger partial charge in [0.05, 0.1) is 0 Å². The highest BCUT2D eigenvalue weighted by Crippen LogP contribution is 2.48. The normalized spacial score (nSPS) is 13.0. The summed E-state index contributed by atoms with van der Waals surface area (Å²) in [4.78, 5) is 49.6. The molecule has 0 amide bonds. The van der Waals surface area contributed by atoms with Crippen molar-refractivity contribution in [3.63, 3.8) is 0 Å². The summed E-state index contributed by atoms with van der Waals surface area (Å²) in [7, 11) is 16.7. The van der Waals surface area contributed by atoms with E-state index < -0.39 is 0 Å². The van der Waals surface area contributed by atoms with Gasteiger partial charge in [0.1, 0.15) is 22.6 Å². The minimum atomic E-state index is -0.261. The molecule has 0 fully saturated rings. The minimum Gasteiger partial charge on any atom is -0.378 e. The fraction of sp³-hybridized carbons (Fsp3) is 0.429. The van der Waals surface area contributed by atoms with Gasteiger partial charge in [0, 0.05) is 123 Å². The molecule has 0 unspecified atom stereocenters. The topological polar surface area (TPSA) is 122 Å². The van der Waals surface area contributed by atoms with E-state index in [1.54, 1.807) is 0 Å². The van der Waals surface area contributed by atoms with Crippen molar-refractivity contribution in [1.82, 2.24) is 39.9 Å². The molecule has 68 heavy (non-hydrogen) atoms. The van der Waals surface area contributed by atoms with E-state index in [-0.39, 0.29) is 21.7 Å². The molecule has 0 saturated carbocycles. The molecule has 9 rings (SSSR count). The molecule has 3 aromatic heterocycles. The number of aromatic amines is 2. The molecule has 0 atom stereocenters. The standard InChI is InChI=1S/C56H70N12/c1-53(2,3)37-25-29(65(13)14)21-33-41(37)49-57-45(33)62-50-43-35(23-31(67(17)18)27-39(43)55(7,8)9)47(59-50)64-52-44-36(24-32(68(19)20)28-40(44)56(10,11)12)48(60-52)63-51-42-34(46(58-51)61-49)22-30(66(15)16)26-38(42)54(4,5)6/h21-28H,1-20H3,(H2,57,58,59,60,61,62,63,64). The Labute approximate surface area is 402 Å². The first-order valence-electron chi connectivity index (χ1n) is 23.8. The van der Waals surface area contributed by atoms with Crippen LogP contribution in [0.15, 0.2) is 48.5 Å². The summed E-state index contributed by atoms with van der Waals surface area (Å²) in [5.74, 6) is 2.36. The van der Waals surface area contributed by atoms with Gasteiger partial charge in [-0.25, -0.2) is 29.9 Å². The molecule has 2 N–H and O–H groups in total. The van der Waals surface area contributed by atoms with E-state index in [0.29, 0.717) is 45.9 Å². The summed E-state index contributed by atoms with van der Waals surface area (Å²) in [6.07, 6.45) is 0. The summed E-state index contributed by atoms with van der Waals surface area (Å²) in [6.45, 7) is 27.1. The average molecular weight is 911 g/mol. The highest BCUT2D eigenvalue weighted by molar-refractivity contribution is 6.10. The molecule has 4 aromatic carbocycles. The lowest BCUT2D eigenvalue weighted by molar-refractivity contribution is 0.591. The van der Waals surface area contributed by atoms with Gasteiger partial charge in [0.2, 0.25) is 0 Å². The first-order valence-corrected chi connectivity index (χ1v) is 23.8. The molecule has 7 aromatic rings. The monoisotopic (exact) mass is 911 g/mol. The van der Waals surface area contributed by atoms with E-state index in [2.05, 4.69) is 218 Å².